The molecule has 8 nitrogen and oxygen atoms in total. The highest BCUT2D eigenvalue weighted by Crippen LogP contribution is 2.27. The normalized spacial score (nSPS) is 17.4. The van der Waals surface area contributed by atoms with E-state index < -0.39 is 0 Å². The van der Waals surface area contributed by atoms with Crippen LogP contribution in [0.5, 0.6) is 0 Å². The van der Waals surface area contributed by atoms with Gasteiger partial charge in [0.25, 0.3) is 5.91 Å². The van der Waals surface area contributed by atoms with Crippen molar-refractivity contribution in [2.24, 2.45) is 4.99 Å². The molecule has 3 N–H and O–H groups in total. The van der Waals surface area contributed by atoms with Crippen molar-refractivity contribution in [3.63, 3.8) is 0 Å². The first-order valence-electron chi connectivity index (χ1n) is 10.9. The summed E-state index contributed by atoms with van der Waals surface area (Å²) < 4.78 is 0. The van der Waals surface area contributed by atoms with Crippen LogP contribution in [-0.4, -0.2) is 44.7 Å². The summed E-state index contributed by atoms with van der Waals surface area (Å²) in [6, 6.07) is 9.25. The number of hydrogen-bond acceptors (Lipinski definition) is 6. The molecule has 1 fully saturated rings. The van der Waals surface area contributed by atoms with E-state index in [9.17, 15) is 4.79 Å². The second kappa shape index (κ2) is 9.64. The maximum Gasteiger partial charge on any atom is 0.274 e. The van der Waals surface area contributed by atoms with Gasteiger partial charge >= 0.3 is 0 Å². The average molecular weight is 430 g/mol. The Kier molecular flexibility index (Phi) is 6.49. The highest BCUT2D eigenvalue weighted by molar-refractivity contribution is 6.47. The van der Waals surface area contributed by atoms with E-state index in [0.29, 0.717) is 17.2 Å². The molecule has 0 saturated heterocycles. The van der Waals surface area contributed by atoms with Gasteiger partial charge in [0.15, 0.2) is 5.84 Å². The number of aryl methyl sites for hydroxylation is 1. The molecule has 3 heterocycles. The zero-order valence-corrected chi connectivity index (χ0v) is 18.1. The minimum absolute atomic E-state index is 0.143. The van der Waals surface area contributed by atoms with Gasteiger partial charge < -0.3 is 10.2 Å². The molecular weight excluding hydrogens is 402 g/mol. The van der Waals surface area contributed by atoms with Gasteiger partial charge in [0, 0.05) is 17.9 Å². The van der Waals surface area contributed by atoms with E-state index >= 15 is 0 Å². The average Bonchev–Trinajstić information content (AvgIpc) is 3.66. The molecule has 0 aromatic carbocycles. The minimum atomic E-state index is -0.344. The number of pyridine rings is 2. The number of aliphatic imine (C=N–C) groups is 1. The number of anilines is 1. The van der Waals surface area contributed by atoms with Crippen molar-refractivity contribution >= 4 is 29.6 Å². The smallest absolute Gasteiger partial charge is 0.274 e. The molecule has 8 heteroatoms. The molecule has 2 aliphatic rings. The Morgan fingerprint density at radius 1 is 1.28 bits per heavy atom. The lowest BCUT2D eigenvalue weighted by Crippen LogP contribution is -2.32. The lowest BCUT2D eigenvalue weighted by molar-refractivity contribution is -0.110. The second-order valence-corrected chi connectivity index (χ2v) is 7.98. The summed E-state index contributed by atoms with van der Waals surface area (Å²) in [7, 11) is 0. The highest BCUT2D eigenvalue weighted by Gasteiger charge is 2.30. The van der Waals surface area contributed by atoms with Gasteiger partial charge in [0.2, 0.25) is 0 Å². The Morgan fingerprint density at radius 2 is 2.12 bits per heavy atom. The number of dihydropyridines is 1. The van der Waals surface area contributed by atoms with E-state index in [1.807, 2.05) is 24.4 Å². The summed E-state index contributed by atoms with van der Waals surface area (Å²) in [6.07, 6.45) is 11.3. The molecular formula is C24H27N7O. The van der Waals surface area contributed by atoms with Crippen molar-refractivity contribution in [2.75, 3.05) is 5.32 Å². The van der Waals surface area contributed by atoms with Crippen LogP contribution in [0.3, 0.4) is 0 Å². The van der Waals surface area contributed by atoms with E-state index in [1.54, 1.807) is 29.2 Å². The number of aromatic nitrogens is 2. The summed E-state index contributed by atoms with van der Waals surface area (Å²) in [6.45, 7) is 2.13. The predicted molar refractivity (Wildman–Crippen MR) is 126 cm³/mol. The van der Waals surface area contributed by atoms with Crippen molar-refractivity contribution in [3.05, 3.63) is 65.6 Å². The standard InChI is InChI=1S/C24H27N7O/c1-2-5-17-11-10-16(14-27-17)19-6-3-8-21(28-19)24(32)30-22-9-4-7-20(29-22)23(26)31(15-25)18-12-13-18/h3-4,7-11,14-15,18-19,25-26H,2,5-6,12-13H2,1H3,(H,29,30,32). The van der Waals surface area contributed by atoms with E-state index in [2.05, 4.69) is 27.2 Å². The molecule has 164 valence electrons. The number of amidine groups is 1. The van der Waals surface area contributed by atoms with Crippen LogP contribution in [0.25, 0.3) is 0 Å². The maximum atomic E-state index is 12.8. The SMILES string of the molecule is CCCc1ccc(C2CC=CC(C(=O)Nc3cccc(C(=N)N(C=N)C4CC4)n3)=N2)cn1. The van der Waals surface area contributed by atoms with Crippen LogP contribution in [0.4, 0.5) is 5.82 Å². The van der Waals surface area contributed by atoms with Crippen molar-refractivity contribution in [3.8, 4) is 0 Å². The van der Waals surface area contributed by atoms with Gasteiger partial charge in [-0.05, 0) is 55.5 Å². The van der Waals surface area contributed by atoms with E-state index in [1.165, 1.54) is 0 Å². The third-order valence-corrected chi connectivity index (χ3v) is 5.47. The van der Waals surface area contributed by atoms with Gasteiger partial charge in [-0.3, -0.25) is 25.6 Å². The number of hydrogen-bond donors (Lipinski definition) is 3. The molecule has 2 aromatic heterocycles. The predicted octanol–water partition coefficient (Wildman–Crippen LogP) is 3.91. The molecule has 1 amide bonds. The lowest BCUT2D eigenvalue weighted by Gasteiger charge is -2.19. The summed E-state index contributed by atoms with van der Waals surface area (Å²) in [5, 5.41) is 18.7. The van der Waals surface area contributed by atoms with Crippen molar-refractivity contribution in [1.82, 2.24) is 14.9 Å². The molecule has 1 saturated carbocycles. The Bertz CT molecular complexity index is 1070. The van der Waals surface area contributed by atoms with Crippen molar-refractivity contribution in [1.29, 1.82) is 10.8 Å². The number of amides is 1. The number of nitrogens with one attached hydrogen (secondary N) is 3. The van der Waals surface area contributed by atoms with Crippen molar-refractivity contribution in [2.45, 2.75) is 51.1 Å². The van der Waals surface area contributed by atoms with E-state index in [0.717, 1.165) is 49.7 Å². The van der Waals surface area contributed by atoms with Gasteiger partial charge in [0.1, 0.15) is 17.2 Å². The van der Waals surface area contributed by atoms with Gasteiger partial charge in [-0.1, -0.05) is 31.6 Å². The molecule has 32 heavy (non-hydrogen) atoms. The van der Waals surface area contributed by atoms with Crippen LogP contribution in [0.15, 0.2) is 53.7 Å². The Labute approximate surface area is 187 Å². The monoisotopic (exact) mass is 429 g/mol. The van der Waals surface area contributed by atoms with Gasteiger partial charge in [-0.15, -0.1) is 0 Å². The summed E-state index contributed by atoms with van der Waals surface area (Å²) >= 11 is 0. The van der Waals surface area contributed by atoms with Crippen LogP contribution in [0, 0.1) is 10.8 Å². The zero-order chi connectivity index (χ0) is 22.5. The van der Waals surface area contributed by atoms with Crippen LogP contribution in [0.2, 0.25) is 0 Å². The maximum absolute atomic E-state index is 12.8. The van der Waals surface area contributed by atoms with Gasteiger partial charge in [-0.2, -0.15) is 0 Å². The quantitative estimate of drug-likeness (QED) is 0.435. The largest absolute Gasteiger partial charge is 0.313 e. The molecule has 1 aliphatic heterocycles. The fourth-order valence-electron chi connectivity index (χ4n) is 3.61. The summed E-state index contributed by atoms with van der Waals surface area (Å²) in [5.41, 5.74) is 2.79. The summed E-state index contributed by atoms with van der Waals surface area (Å²) in [5.74, 6) is 0.165. The highest BCUT2D eigenvalue weighted by atomic mass is 16.1. The Balaban J connectivity index is 1.45. The third-order valence-electron chi connectivity index (χ3n) is 5.47. The van der Waals surface area contributed by atoms with Crippen LogP contribution < -0.4 is 5.32 Å². The van der Waals surface area contributed by atoms with Gasteiger partial charge in [-0.25, -0.2) is 4.98 Å². The summed E-state index contributed by atoms with van der Waals surface area (Å²) in [4.78, 5) is 28.0. The minimum Gasteiger partial charge on any atom is -0.313 e. The number of carbonyl (C=O) groups excluding carboxylic acids is 1. The topological polar surface area (TPSA) is 118 Å². The molecule has 0 radical (unpaired) electrons. The van der Waals surface area contributed by atoms with E-state index in [4.69, 9.17) is 10.8 Å². The Morgan fingerprint density at radius 3 is 2.81 bits per heavy atom. The molecule has 4 rings (SSSR count). The number of carbonyl (C=O) groups is 1. The van der Waals surface area contributed by atoms with Gasteiger partial charge in [0.05, 0.1) is 12.4 Å². The molecule has 0 spiro atoms. The second-order valence-electron chi connectivity index (χ2n) is 7.98. The first kappa shape index (κ1) is 21.5. The zero-order valence-electron chi connectivity index (χ0n) is 18.1. The number of nitrogens with zero attached hydrogens (tertiary/aromatic N) is 4. The fraction of sp³-hybridized carbons (Fsp3) is 0.333. The molecule has 2 aromatic rings. The van der Waals surface area contributed by atoms with Crippen LogP contribution >= 0.6 is 0 Å². The molecule has 1 aliphatic carbocycles. The molecule has 1 atom stereocenters. The van der Waals surface area contributed by atoms with E-state index in [-0.39, 0.29) is 23.8 Å². The molecule has 0 bridgehead atoms. The number of rotatable bonds is 8. The van der Waals surface area contributed by atoms with Crippen LogP contribution in [-0.2, 0) is 11.2 Å². The fourth-order valence-corrected chi connectivity index (χ4v) is 3.61. The first-order valence-corrected chi connectivity index (χ1v) is 10.9. The Hall–Kier alpha value is -3.68. The van der Waals surface area contributed by atoms with Crippen LogP contribution in [0.1, 0.15) is 55.6 Å². The van der Waals surface area contributed by atoms with Crippen molar-refractivity contribution < 1.29 is 4.79 Å². The first-order chi connectivity index (χ1) is 15.6. The molecule has 1 unspecified atom stereocenters. The third kappa shape index (κ3) is 4.96. The lowest BCUT2D eigenvalue weighted by atomic mass is 10.0.